The molecule has 41 heavy (non-hydrogen) atoms. The Bertz CT molecular complexity index is 1060. The van der Waals surface area contributed by atoms with Crippen molar-refractivity contribution >= 4 is 12.0 Å². The van der Waals surface area contributed by atoms with E-state index in [9.17, 15) is 14.4 Å². The lowest BCUT2D eigenvalue weighted by molar-refractivity contribution is -0.110. The Morgan fingerprint density at radius 1 is 0.902 bits per heavy atom. The zero-order valence-electron chi connectivity index (χ0n) is 28.8. The van der Waals surface area contributed by atoms with Crippen molar-refractivity contribution in [2.45, 2.75) is 115 Å². The molecule has 0 radical (unpaired) electrons. The van der Waals surface area contributed by atoms with Crippen molar-refractivity contribution in [2.75, 3.05) is 0 Å². The molecule has 230 valence electrons. The van der Waals surface area contributed by atoms with Gasteiger partial charge in [0.25, 0.3) is 0 Å². The Kier molecular flexibility index (Phi) is 26.7. The highest BCUT2D eigenvalue weighted by Gasteiger charge is 2.33. The zero-order chi connectivity index (χ0) is 33.4. The molecular formula is C37H59FN2O. The second kappa shape index (κ2) is 24.5. The Morgan fingerprint density at radius 2 is 1.34 bits per heavy atom. The molecule has 0 aliphatic carbocycles. The molecule has 1 atom stereocenters. The lowest BCUT2D eigenvalue weighted by atomic mass is 9.70. The maximum atomic E-state index is 13.8. The number of rotatable bonds is 9. The molecule has 0 aromatic heterocycles. The minimum absolute atomic E-state index is 0.328. The number of carbonyl (C=O) groups excluding carboxylic acids is 1. The van der Waals surface area contributed by atoms with Crippen LogP contribution < -0.4 is 0 Å². The summed E-state index contributed by atoms with van der Waals surface area (Å²) in [5.74, 6) is -0.699. The third-order valence-electron chi connectivity index (χ3n) is 6.01. The average molecular weight is 567 g/mol. The largest absolute Gasteiger partial charge is 0.310 e. The molecule has 1 aromatic carbocycles. The van der Waals surface area contributed by atoms with E-state index in [4.69, 9.17) is 5.41 Å². The van der Waals surface area contributed by atoms with Crippen LogP contribution in [0.15, 0.2) is 83.8 Å². The standard InChI is InChI=1S/C28H34FNO.C3H7N.3C2H6/c1-9-21(22(10-2)17-25(29)11-3)16-20(4)28(7,8)26(18-31)23-12-14-24(15-13-23)27(5,6)19-30;1-3(2)4;3*1-2/h9-18,26H,2H2,1,3-8H3;4H,1-2H3;3*1-2H3/b20-16+,21-9+,22-17+,25-11+;;;;. The molecule has 1 rings (SSSR count). The summed E-state index contributed by atoms with van der Waals surface area (Å²) >= 11 is 0. The summed E-state index contributed by atoms with van der Waals surface area (Å²) in [5, 5.41) is 15.9. The number of nitrogens with zero attached hydrogens (tertiary/aromatic N) is 1. The van der Waals surface area contributed by atoms with Gasteiger partial charge in [-0.05, 0) is 82.2 Å². The van der Waals surface area contributed by atoms with Crippen molar-refractivity contribution in [3.05, 3.63) is 94.9 Å². The lowest BCUT2D eigenvalue weighted by Crippen LogP contribution is -2.25. The van der Waals surface area contributed by atoms with Crippen LogP contribution in [0.1, 0.15) is 121 Å². The Hall–Kier alpha value is -3.32. The number of allylic oxidation sites excluding steroid dienone is 9. The van der Waals surface area contributed by atoms with Gasteiger partial charge >= 0.3 is 0 Å². The zero-order valence-corrected chi connectivity index (χ0v) is 28.8. The van der Waals surface area contributed by atoms with Crippen molar-refractivity contribution in [3.63, 3.8) is 0 Å². The molecule has 0 heterocycles. The summed E-state index contributed by atoms with van der Waals surface area (Å²) < 4.78 is 13.8. The molecule has 0 amide bonds. The summed E-state index contributed by atoms with van der Waals surface area (Å²) in [5.41, 5.74) is 3.92. The first-order valence-corrected chi connectivity index (χ1v) is 14.7. The highest BCUT2D eigenvalue weighted by Crippen LogP contribution is 2.41. The van der Waals surface area contributed by atoms with Gasteiger partial charge in [0.1, 0.15) is 12.1 Å². The van der Waals surface area contributed by atoms with E-state index < -0.39 is 10.8 Å². The summed E-state index contributed by atoms with van der Waals surface area (Å²) in [6.45, 7) is 32.6. The summed E-state index contributed by atoms with van der Waals surface area (Å²) in [6, 6.07) is 9.99. The highest BCUT2D eigenvalue weighted by molar-refractivity contribution is 5.75. The van der Waals surface area contributed by atoms with Crippen LogP contribution in [-0.2, 0) is 10.2 Å². The number of aldehydes is 1. The van der Waals surface area contributed by atoms with Crippen LogP contribution in [0.4, 0.5) is 4.39 Å². The van der Waals surface area contributed by atoms with E-state index in [-0.39, 0.29) is 11.7 Å². The first-order valence-electron chi connectivity index (χ1n) is 14.7. The van der Waals surface area contributed by atoms with Crippen LogP contribution in [0, 0.1) is 22.2 Å². The average Bonchev–Trinajstić information content (AvgIpc) is 2.97. The van der Waals surface area contributed by atoms with Crippen LogP contribution in [0.5, 0.6) is 0 Å². The Balaban J connectivity index is -0.000000603. The number of nitrogens with one attached hydrogen (secondary N) is 1. The molecule has 0 saturated carbocycles. The third-order valence-corrected chi connectivity index (χ3v) is 6.01. The minimum atomic E-state index is -0.586. The monoisotopic (exact) mass is 566 g/mol. The normalized spacial score (nSPS) is 12.7. The fourth-order valence-electron chi connectivity index (χ4n) is 3.33. The summed E-state index contributed by atoms with van der Waals surface area (Å²) in [7, 11) is 0. The first-order chi connectivity index (χ1) is 19.2. The fourth-order valence-corrected chi connectivity index (χ4v) is 3.33. The van der Waals surface area contributed by atoms with Gasteiger partial charge in [-0.25, -0.2) is 4.39 Å². The van der Waals surface area contributed by atoms with Crippen LogP contribution in [0.2, 0.25) is 0 Å². The number of halogens is 1. The molecule has 0 bridgehead atoms. The van der Waals surface area contributed by atoms with Gasteiger partial charge in [0, 0.05) is 11.6 Å². The molecule has 0 aliphatic heterocycles. The second-order valence-corrected chi connectivity index (χ2v) is 9.74. The predicted octanol–water partition coefficient (Wildman–Crippen LogP) is 11.8. The molecule has 4 heteroatoms. The first kappa shape index (κ1) is 44.7. The SMILES string of the molecule is C=CC(=C\C(F)=C/C)/C(=C/C)/C=C(\C)C(C)(C)C(C=O)c1ccc(C(C)(C)C#N)cc1.CC.CC.CC.CC(C)=N. The van der Waals surface area contributed by atoms with Crippen LogP contribution in [-0.4, -0.2) is 12.0 Å². The molecule has 0 spiro atoms. The van der Waals surface area contributed by atoms with E-state index in [0.717, 1.165) is 28.6 Å². The van der Waals surface area contributed by atoms with Gasteiger partial charge in [-0.15, -0.1) is 0 Å². The second-order valence-electron chi connectivity index (χ2n) is 9.74. The van der Waals surface area contributed by atoms with Gasteiger partial charge < -0.3 is 10.2 Å². The molecule has 3 nitrogen and oxygen atoms in total. The van der Waals surface area contributed by atoms with Crippen LogP contribution in [0.3, 0.4) is 0 Å². The van der Waals surface area contributed by atoms with E-state index in [1.54, 1.807) is 26.8 Å². The minimum Gasteiger partial charge on any atom is -0.310 e. The van der Waals surface area contributed by atoms with Gasteiger partial charge in [0.15, 0.2) is 0 Å². The van der Waals surface area contributed by atoms with Crippen molar-refractivity contribution in [2.24, 2.45) is 5.41 Å². The van der Waals surface area contributed by atoms with Gasteiger partial charge in [-0.3, -0.25) is 0 Å². The topological polar surface area (TPSA) is 64.7 Å². The summed E-state index contributed by atoms with van der Waals surface area (Å²) in [4.78, 5) is 12.1. The number of carbonyl (C=O) groups is 1. The Labute approximate surface area is 253 Å². The van der Waals surface area contributed by atoms with Crippen molar-refractivity contribution in [1.82, 2.24) is 0 Å². The lowest BCUT2D eigenvalue weighted by Gasteiger charge is -2.33. The molecule has 0 fully saturated rings. The number of benzene rings is 1. The van der Waals surface area contributed by atoms with Crippen LogP contribution in [0.25, 0.3) is 0 Å². The quantitative estimate of drug-likeness (QED) is 0.183. The molecule has 1 unspecified atom stereocenters. The molecule has 1 N–H and O–H groups in total. The van der Waals surface area contributed by atoms with Crippen molar-refractivity contribution in [1.29, 1.82) is 10.7 Å². The fraction of sp³-hybridized carbons (Fsp3) is 0.486. The molecule has 0 saturated heterocycles. The number of hydrogen-bond donors (Lipinski definition) is 1. The third kappa shape index (κ3) is 16.5. The maximum Gasteiger partial charge on any atom is 0.128 e. The van der Waals surface area contributed by atoms with E-state index in [1.165, 1.54) is 12.2 Å². The Morgan fingerprint density at radius 3 is 1.66 bits per heavy atom. The number of hydrogen-bond acceptors (Lipinski definition) is 3. The smallest absolute Gasteiger partial charge is 0.128 e. The predicted molar refractivity (Wildman–Crippen MR) is 181 cm³/mol. The van der Waals surface area contributed by atoms with Crippen LogP contribution >= 0.6 is 0 Å². The maximum absolute atomic E-state index is 13.8. The van der Waals surface area contributed by atoms with E-state index in [0.29, 0.717) is 11.3 Å². The molecule has 1 aromatic rings. The van der Waals surface area contributed by atoms with Crippen molar-refractivity contribution in [3.8, 4) is 6.07 Å². The summed E-state index contributed by atoms with van der Waals surface area (Å²) in [6.07, 6.45) is 9.34. The molecular weight excluding hydrogens is 507 g/mol. The highest BCUT2D eigenvalue weighted by atomic mass is 19.1. The van der Waals surface area contributed by atoms with Crippen molar-refractivity contribution < 1.29 is 9.18 Å². The van der Waals surface area contributed by atoms with Gasteiger partial charge in [-0.1, -0.05) is 116 Å². The van der Waals surface area contributed by atoms with Gasteiger partial charge in [0.05, 0.1) is 11.5 Å². The van der Waals surface area contributed by atoms with E-state index >= 15 is 0 Å². The molecule has 0 aliphatic rings. The van der Waals surface area contributed by atoms with Gasteiger partial charge in [-0.2, -0.15) is 5.26 Å². The van der Waals surface area contributed by atoms with E-state index in [1.807, 2.05) is 120 Å². The van der Waals surface area contributed by atoms with Gasteiger partial charge in [0.2, 0.25) is 0 Å². The van der Waals surface area contributed by atoms with E-state index in [2.05, 4.69) is 12.6 Å². The number of nitriles is 1.